The molecule has 2 rings (SSSR count). The summed E-state index contributed by atoms with van der Waals surface area (Å²) in [6.45, 7) is 5.49. The molecule has 0 aliphatic rings. The maximum absolute atomic E-state index is 12.4. The van der Waals surface area contributed by atoms with Gasteiger partial charge in [-0.1, -0.05) is 0 Å². The van der Waals surface area contributed by atoms with Gasteiger partial charge >= 0.3 is 0 Å². The molecule has 144 valence electrons. The minimum absolute atomic E-state index is 0.0126. The molecule has 2 N–H and O–H groups in total. The third-order valence-electron chi connectivity index (χ3n) is 3.71. The summed E-state index contributed by atoms with van der Waals surface area (Å²) in [6.07, 6.45) is -0.0126. The third-order valence-corrected chi connectivity index (χ3v) is 3.71. The first-order valence-corrected chi connectivity index (χ1v) is 8.42. The summed E-state index contributed by atoms with van der Waals surface area (Å²) in [7, 11) is 3.04. The highest BCUT2D eigenvalue weighted by Gasteiger charge is 2.13. The van der Waals surface area contributed by atoms with E-state index < -0.39 is 5.91 Å². The van der Waals surface area contributed by atoms with Gasteiger partial charge in [-0.3, -0.25) is 4.79 Å². The van der Waals surface area contributed by atoms with Crippen LogP contribution in [0.1, 0.15) is 36.7 Å². The number of rotatable bonds is 7. The van der Waals surface area contributed by atoms with Crippen LogP contribution >= 0.6 is 0 Å². The van der Waals surface area contributed by atoms with Gasteiger partial charge in [-0.2, -0.15) is 5.10 Å². The number of methoxy groups -OCH3 is 2. The number of hydrogen-bond donors (Lipinski definition) is 2. The molecule has 0 atom stereocenters. The van der Waals surface area contributed by atoms with Crippen LogP contribution in [0.3, 0.4) is 0 Å². The number of nitrogens with zero attached hydrogens (tertiary/aromatic N) is 1. The van der Waals surface area contributed by atoms with Crippen LogP contribution in [0.25, 0.3) is 0 Å². The molecule has 0 heterocycles. The summed E-state index contributed by atoms with van der Waals surface area (Å²) in [5.74, 6) is 1.23. The summed E-state index contributed by atoms with van der Waals surface area (Å²) in [6, 6.07) is 9.68. The van der Waals surface area contributed by atoms with Crippen molar-refractivity contribution >= 4 is 11.6 Å². The number of aromatic hydroxyl groups is 1. The highest BCUT2D eigenvalue weighted by Crippen LogP contribution is 2.29. The van der Waals surface area contributed by atoms with Crippen LogP contribution in [0.4, 0.5) is 0 Å². The van der Waals surface area contributed by atoms with Crippen molar-refractivity contribution in [2.75, 3.05) is 14.2 Å². The predicted octanol–water partition coefficient (Wildman–Crippen LogP) is 3.35. The summed E-state index contributed by atoms with van der Waals surface area (Å²) in [5.41, 5.74) is 3.75. The molecule has 1 amide bonds. The molecule has 7 nitrogen and oxygen atoms in total. The van der Waals surface area contributed by atoms with E-state index >= 15 is 0 Å². The van der Waals surface area contributed by atoms with Gasteiger partial charge in [0, 0.05) is 11.1 Å². The summed E-state index contributed by atoms with van der Waals surface area (Å²) in [4.78, 5) is 12.4. The molecule has 0 aromatic heterocycles. The molecule has 0 unspecified atom stereocenters. The van der Waals surface area contributed by atoms with E-state index in [1.165, 1.54) is 20.3 Å². The minimum Gasteiger partial charge on any atom is -0.507 e. The fourth-order valence-electron chi connectivity index (χ4n) is 2.35. The number of phenols is 1. The van der Waals surface area contributed by atoms with E-state index in [2.05, 4.69) is 10.5 Å². The van der Waals surface area contributed by atoms with Gasteiger partial charge in [0.15, 0.2) is 11.5 Å². The van der Waals surface area contributed by atoms with Crippen LogP contribution < -0.4 is 19.6 Å². The summed E-state index contributed by atoms with van der Waals surface area (Å²) < 4.78 is 16.1. The zero-order valence-corrected chi connectivity index (χ0v) is 16.1. The molecular formula is C20H24N2O5. The van der Waals surface area contributed by atoms with Gasteiger partial charge in [-0.05, 0) is 57.2 Å². The molecule has 0 saturated carbocycles. The first kappa shape index (κ1) is 20.1. The highest BCUT2D eigenvalue weighted by atomic mass is 16.5. The Bertz CT molecular complexity index is 846. The monoisotopic (exact) mass is 372 g/mol. The van der Waals surface area contributed by atoms with Crippen LogP contribution in [0, 0.1) is 0 Å². The van der Waals surface area contributed by atoms with Gasteiger partial charge in [0.05, 0.1) is 26.0 Å². The Morgan fingerprint density at radius 3 is 2.44 bits per heavy atom. The molecule has 0 fully saturated rings. The van der Waals surface area contributed by atoms with E-state index in [1.54, 1.807) is 37.3 Å². The molecule has 2 aromatic rings. The highest BCUT2D eigenvalue weighted by molar-refractivity contribution is 6.03. The Morgan fingerprint density at radius 2 is 1.81 bits per heavy atom. The maximum atomic E-state index is 12.4. The van der Waals surface area contributed by atoms with E-state index in [4.69, 9.17) is 14.2 Å². The molecule has 2 aromatic carbocycles. The van der Waals surface area contributed by atoms with Crippen molar-refractivity contribution in [2.24, 2.45) is 5.10 Å². The lowest BCUT2D eigenvalue weighted by molar-refractivity contribution is 0.0954. The van der Waals surface area contributed by atoms with Gasteiger partial charge in [0.25, 0.3) is 5.91 Å². The zero-order chi connectivity index (χ0) is 20.0. The Hall–Kier alpha value is -3.22. The van der Waals surface area contributed by atoms with Gasteiger partial charge in [-0.25, -0.2) is 5.43 Å². The molecule has 0 aliphatic heterocycles. The number of carbonyl (C=O) groups is 1. The third kappa shape index (κ3) is 5.13. The number of hydrazone groups is 1. The largest absolute Gasteiger partial charge is 0.507 e. The molecule has 0 bridgehead atoms. The topological polar surface area (TPSA) is 89.4 Å². The van der Waals surface area contributed by atoms with Crippen LogP contribution in [-0.2, 0) is 0 Å². The standard InChI is InChI=1S/C20H24N2O5/c1-12(2)27-18-9-6-14(10-19(18)26-5)20(24)22-21-13(3)16-11-15(25-4)7-8-17(16)23/h6-12,23H,1-5H3,(H,22,24)/b21-13+. The van der Waals surface area contributed by atoms with Crippen molar-refractivity contribution in [3.63, 3.8) is 0 Å². The van der Waals surface area contributed by atoms with E-state index in [0.29, 0.717) is 34.1 Å². The summed E-state index contributed by atoms with van der Waals surface area (Å²) >= 11 is 0. The van der Waals surface area contributed by atoms with Crippen LogP contribution in [0.15, 0.2) is 41.5 Å². The second-order valence-electron chi connectivity index (χ2n) is 6.05. The van der Waals surface area contributed by atoms with Crippen LogP contribution in [0.2, 0.25) is 0 Å². The SMILES string of the molecule is COc1ccc(O)c(/C(C)=N/NC(=O)c2ccc(OC(C)C)c(OC)c2)c1. The van der Waals surface area contributed by atoms with E-state index in [-0.39, 0.29) is 11.9 Å². The van der Waals surface area contributed by atoms with Crippen molar-refractivity contribution in [3.8, 4) is 23.0 Å². The molecular weight excluding hydrogens is 348 g/mol. The molecule has 0 aliphatic carbocycles. The number of hydrogen-bond acceptors (Lipinski definition) is 6. The van der Waals surface area contributed by atoms with E-state index in [1.807, 2.05) is 13.8 Å². The molecule has 7 heteroatoms. The maximum Gasteiger partial charge on any atom is 0.271 e. The Morgan fingerprint density at radius 1 is 1.07 bits per heavy atom. The lowest BCUT2D eigenvalue weighted by atomic mass is 10.1. The normalized spacial score (nSPS) is 11.3. The zero-order valence-electron chi connectivity index (χ0n) is 16.1. The van der Waals surface area contributed by atoms with Gasteiger partial charge in [0.1, 0.15) is 11.5 Å². The van der Waals surface area contributed by atoms with Crippen molar-refractivity contribution in [1.82, 2.24) is 5.43 Å². The van der Waals surface area contributed by atoms with Gasteiger partial charge in [0.2, 0.25) is 0 Å². The quantitative estimate of drug-likeness (QED) is 0.575. The smallest absolute Gasteiger partial charge is 0.271 e. The van der Waals surface area contributed by atoms with Crippen molar-refractivity contribution in [3.05, 3.63) is 47.5 Å². The average molecular weight is 372 g/mol. The average Bonchev–Trinajstić information content (AvgIpc) is 2.66. The number of phenolic OH excluding ortho intramolecular Hbond substituents is 1. The predicted molar refractivity (Wildman–Crippen MR) is 103 cm³/mol. The lowest BCUT2D eigenvalue weighted by Gasteiger charge is -2.14. The molecule has 0 saturated heterocycles. The molecule has 27 heavy (non-hydrogen) atoms. The number of benzene rings is 2. The Labute approximate surface area is 158 Å². The van der Waals surface area contributed by atoms with Crippen molar-refractivity contribution in [1.29, 1.82) is 0 Å². The van der Waals surface area contributed by atoms with Crippen LogP contribution in [0.5, 0.6) is 23.0 Å². The van der Waals surface area contributed by atoms with E-state index in [0.717, 1.165) is 0 Å². The summed E-state index contributed by atoms with van der Waals surface area (Å²) in [5, 5.41) is 14.0. The second-order valence-corrected chi connectivity index (χ2v) is 6.05. The number of nitrogens with one attached hydrogen (secondary N) is 1. The molecule has 0 radical (unpaired) electrons. The van der Waals surface area contributed by atoms with Crippen LogP contribution in [-0.4, -0.2) is 37.0 Å². The van der Waals surface area contributed by atoms with Crippen molar-refractivity contribution in [2.45, 2.75) is 26.9 Å². The van der Waals surface area contributed by atoms with E-state index in [9.17, 15) is 9.90 Å². The number of carbonyl (C=O) groups excluding carboxylic acids is 1. The number of ether oxygens (including phenoxy) is 3. The second kappa shape index (κ2) is 8.93. The van der Waals surface area contributed by atoms with Crippen molar-refractivity contribution < 1.29 is 24.1 Å². The molecule has 0 spiro atoms. The first-order chi connectivity index (χ1) is 12.8. The first-order valence-electron chi connectivity index (χ1n) is 8.42. The fourth-order valence-corrected chi connectivity index (χ4v) is 2.35. The fraction of sp³-hybridized carbons (Fsp3) is 0.300. The minimum atomic E-state index is -0.411. The van der Waals surface area contributed by atoms with Gasteiger partial charge < -0.3 is 19.3 Å². The Kier molecular flexibility index (Phi) is 6.65. The lowest BCUT2D eigenvalue weighted by Crippen LogP contribution is -2.19. The van der Waals surface area contributed by atoms with Gasteiger partial charge in [-0.15, -0.1) is 0 Å². The number of amides is 1. The Balaban J connectivity index is 2.18.